The molecule has 0 aromatic carbocycles. The molecule has 1 aromatic rings. The lowest BCUT2D eigenvalue weighted by atomic mass is 10.1. The number of pyridine rings is 1. The summed E-state index contributed by atoms with van der Waals surface area (Å²) in [6.07, 6.45) is 4.89. The van der Waals surface area contributed by atoms with Crippen LogP contribution in [0.15, 0.2) is 23.4 Å². The van der Waals surface area contributed by atoms with Crippen molar-refractivity contribution in [2.24, 2.45) is 5.92 Å². The standard InChI is InChI=1S/C19H28N4O2S.2ClH/c1-14(18(24)22-9-3-4-10-22)26-17-16(6-5-8-21-17)19(25)23-11-7-15(13-23)12-20-2;;/h5-6,8,14-15,20H,3-4,7,9-13H2,1-2H3;2*1H. The minimum atomic E-state index is -0.231. The van der Waals surface area contributed by atoms with Gasteiger partial charge in [0.2, 0.25) is 5.91 Å². The summed E-state index contributed by atoms with van der Waals surface area (Å²) in [5, 5.41) is 3.62. The van der Waals surface area contributed by atoms with Gasteiger partial charge in [-0.15, -0.1) is 24.8 Å². The summed E-state index contributed by atoms with van der Waals surface area (Å²) in [4.78, 5) is 33.8. The maximum atomic E-state index is 13.0. The van der Waals surface area contributed by atoms with Crippen LogP contribution in [-0.4, -0.2) is 71.6 Å². The van der Waals surface area contributed by atoms with Crippen LogP contribution in [0.1, 0.15) is 36.5 Å². The van der Waals surface area contributed by atoms with Crippen molar-refractivity contribution < 1.29 is 9.59 Å². The van der Waals surface area contributed by atoms with Crippen LogP contribution in [0.4, 0.5) is 0 Å². The first-order chi connectivity index (χ1) is 12.6. The Morgan fingerprint density at radius 3 is 2.64 bits per heavy atom. The molecule has 0 spiro atoms. The van der Waals surface area contributed by atoms with E-state index in [1.54, 1.807) is 12.3 Å². The van der Waals surface area contributed by atoms with Crippen molar-refractivity contribution in [3.63, 3.8) is 0 Å². The van der Waals surface area contributed by atoms with E-state index in [4.69, 9.17) is 0 Å². The minimum Gasteiger partial charge on any atom is -0.342 e. The Balaban J connectivity index is 0.00000196. The van der Waals surface area contributed by atoms with E-state index in [9.17, 15) is 9.59 Å². The van der Waals surface area contributed by atoms with Gasteiger partial charge < -0.3 is 15.1 Å². The van der Waals surface area contributed by atoms with Crippen molar-refractivity contribution in [2.75, 3.05) is 39.8 Å². The highest BCUT2D eigenvalue weighted by molar-refractivity contribution is 8.00. The van der Waals surface area contributed by atoms with E-state index in [-0.39, 0.29) is 41.9 Å². The van der Waals surface area contributed by atoms with Crippen molar-refractivity contribution in [1.82, 2.24) is 20.1 Å². The number of likely N-dealkylation sites (tertiary alicyclic amines) is 2. The van der Waals surface area contributed by atoms with Crippen LogP contribution in [0, 0.1) is 5.92 Å². The third-order valence-corrected chi connectivity index (χ3v) is 6.23. The van der Waals surface area contributed by atoms with Crippen LogP contribution in [0.3, 0.4) is 0 Å². The number of amides is 2. The van der Waals surface area contributed by atoms with Crippen molar-refractivity contribution in [3.8, 4) is 0 Å². The van der Waals surface area contributed by atoms with Gasteiger partial charge in [0.15, 0.2) is 0 Å². The number of hydrogen-bond donors (Lipinski definition) is 1. The molecule has 28 heavy (non-hydrogen) atoms. The number of rotatable bonds is 6. The first kappa shape index (κ1) is 25.0. The average molecular weight is 449 g/mol. The van der Waals surface area contributed by atoms with Gasteiger partial charge in [-0.25, -0.2) is 4.98 Å². The van der Waals surface area contributed by atoms with Gasteiger partial charge in [-0.2, -0.15) is 0 Å². The molecule has 2 aliphatic rings. The van der Waals surface area contributed by atoms with Gasteiger partial charge in [0.1, 0.15) is 5.03 Å². The Labute approximate surface area is 184 Å². The van der Waals surface area contributed by atoms with E-state index in [0.717, 1.165) is 52.0 Å². The normalized spacial score (nSPS) is 19.7. The highest BCUT2D eigenvalue weighted by atomic mass is 35.5. The molecule has 158 valence electrons. The van der Waals surface area contributed by atoms with Gasteiger partial charge in [-0.3, -0.25) is 9.59 Å². The summed E-state index contributed by atoms with van der Waals surface area (Å²) in [7, 11) is 1.94. The van der Waals surface area contributed by atoms with Crippen LogP contribution in [0.5, 0.6) is 0 Å². The molecule has 2 fully saturated rings. The summed E-state index contributed by atoms with van der Waals surface area (Å²) in [5.74, 6) is 0.680. The first-order valence-electron chi connectivity index (χ1n) is 9.44. The summed E-state index contributed by atoms with van der Waals surface area (Å²) >= 11 is 1.40. The summed E-state index contributed by atoms with van der Waals surface area (Å²) < 4.78 is 0. The number of halogens is 2. The van der Waals surface area contributed by atoms with Crippen molar-refractivity contribution >= 4 is 48.4 Å². The molecule has 0 aliphatic carbocycles. The zero-order valence-electron chi connectivity index (χ0n) is 16.4. The second kappa shape index (κ2) is 11.9. The number of hydrogen-bond acceptors (Lipinski definition) is 5. The Bertz CT molecular complexity index is 659. The molecule has 0 radical (unpaired) electrons. The molecule has 2 amide bonds. The molecule has 9 heteroatoms. The number of nitrogens with zero attached hydrogens (tertiary/aromatic N) is 3. The maximum absolute atomic E-state index is 13.0. The van der Waals surface area contributed by atoms with E-state index >= 15 is 0 Å². The van der Waals surface area contributed by atoms with Gasteiger partial charge in [0.25, 0.3) is 5.91 Å². The van der Waals surface area contributed by atoms with Gasteiger partial charge in [-0.05, 0) is 57.8 Å². The van der Waals surface area contributed by atoms with Crippen LogP contribution >= 0.6 is 36.6 Å². The quantitative estimate of drug-likeness (QED) is 0.677. The van der Waals surface area contributed by atoms with E-state index in [0.29, 0.717) is 16.5 Å². The largest absolute Gasteiger partial charge is 0.342 e. The number of carbonyl (C=O) groups is 2. The molecular formula is C19H30Cl2N4O2S. The first-order valence-corrected chi connectivity index (χ1v) is 10.3. The predicted molar refractivity (Wildman–Crippen MR) is 118 cm³/mol. The molecule has 2 atom stereocenters. The molecule has 2 saturated heterocycles. The predicted octanol–water partition coefficient (Wildman–Crippen LogP) is 2.71. The Morgan fingerprint density at radius 1 is 1.25 bits per heavy atom. The monoisotopic (exact) mass is 448 g/mol. The van der Waals surface area contributed by atoms with Crippen LogP contribution < -0.4 is 5.32 Å². The highest BCUT2D eigenvalue weighted by Crippen LogP contribution is 2.29. The zero-order valence-corrected chi connectivity index (χ0v) is 18.9. The molecule has 0 saturated carbocycles. The maximum Gasteiger partial charge on any atom is 0.256 e. The molecule has 2 unspecified atom stereocenters. The number of carbonyl (C=O) groups excluding carboxylic acids is 2. The highest BCUT2D eigenvalue weighted by Gasteiger charge is 2.30. The number of aromatic nitrogens is 1. The second-order valence-electron chi connectivity index (χ2n) is 7.11. The Kier molecular flexibility index (Phi) is 10.6. The lowest BCUT2D eigenvalue weighted by molar-refractivity contribution is -0.129. The zero-order chi connectivity index (χ0) is 18.5. The number of nitrogens with one attached hydrogen (secondary N) is 1. The molecule has 0 bridgehead atoms. The third-order valence-electron chi connectivity index (χ3n) is 5.12. The van der Waals surface area contributed by atoms with E-state index in [1.807, 2.05) is 29.8 Å². The third kappa shape index (κ3) is 5.99. The average Bonchev–Trinajstić information content (AvgIpc) is 3.33. The summed E-state index contributed by atoms with van der Waals surface area (Å²) in [5.41, 5.74) is 0.615. The van der Waals surface area contributed by atoms with Gasteiger partial charge in [0.05, 0.1) is 10.8 Å². The Morgan fingerprint density at radius 2 is 1.96 bits per heavy atom. The minimum absolute atomic E-state index is 0. The molecular weight excluding hydrogens is 419 g/mol. The topological polar surface area (TPSA) is 65.5 Å². The van der Waals surface area contributed by atoms with Crippen LogP contribution in [-0.2, 0) is 4.79 Å². The molecule has 3 heterocycles. The summed E-state index contributed by atoms with van der Waals surface area (Å²) in [6.45, 7) is 6.09. The van der Waals surface area contributed by atoms with Crippen molar-refractivity contribution in [1.29, 1.82) is 0 Å². The Hall–Kier alpha value is -1.02. The SMILES string of the molecule is CNCC1CCN(C(=O)c2cccnc2SC(C)C(=O)N2CCCC2)C1.Cl.Cl. The summed E-state index contributed by atoms with van der Waals surface area (Å²) in [6, 6.07) is 3.63. The molecule has 1 aromatic heterocycles. The van der Waals surface area contributed by atoms with Gasteiger partial charge in [0, 0.05) is 32.4 Å². The fourth-order valence-electron chi connectivity index (χ4n) is 3.70. The molecule has 6 nitrogen and oxygen atoms in total. The fraction of sp³-hybridized carbons (Fsp3) is 0.632. The van der Waals surface area contributed by atoms with Crippen molar-refractivity contribution in [2.45, 2.75) is 36.5 Å². The molecule has 1 N–H and O–H groups in total. The van der Waals surface area contributed by atoms with Gasteiger partial charge in [-0.1, -0.05) is 11.8 Å². The van der Waals surface area contributed by atoms with E-state index in [2.05, 4.69) is 10.3 Å². The second-order valence-corrected chi connectivity index (χ2v) is 8.44. The smallest absolute Gasteiger partial charge is 0.256 e. The van der Waals surface area contributed by atoms with Crippen molar-refractivity contribution in [3.05, 3.63) is 23.9 Å². The lowest BCUT2D eigenvalue weighted by Gasteiger charge is -2.21. The van der Waals surface area contributed by atoms with Crippen LogP contribution in [0.2, 0.25) is 0 Å². The molecule has 3 rings (SSSR count). The van der Waals surface area contributed by atoms with E-state index in [1.165, 1.54) is 11.8 Å². The number of thioether (sulfide) groups is 1. The van der Waals surface area contributed by atoms with Crippen LogP contribution in [0.25, 0.3) is 0 Å². The van der Waals surface area contributed by atoms with Gasteiger partial charge >= 0.3 is 0 Å². The van der Waals surface area contributed by atoms with E-state index < -0.39 is 0 Å². The lowest BCUT2D eigenvalue weighted by Crippen LogP contribution is -2.34. The fourth-order valence-corrected chi connectivity index (χ4v) is 4.69. The molecule has 2 aliphatic heterocycles.